The van der Waals surface area contributed by atoms with Crippen LogP contribution in [0.1, 0.15) is 0 Å². The highest BCUT2D eigenvalue weighted by molar-refractivity contribution is 7.99. The van der Waals surface area contributed by atoms with Gasteiger partial charge in [-0.15, -0.1) is 10.2 Å². The highest BCUT2D eigenvalue weighted by Crippen LogP contribution is 2.23. The van der Waals surface area contributed by atoms with Crippen molar-refractivity contribution in [3.8, 4) is 11.4 Å². The van der Waals surface area contributed by atoms with E-state index in [0.717, 1.165) is 28.4 Å². The number of hydrogen-bond donors (Lipinski definition) is 2. The third-order valence-corrected chi connectivity index (χ3v) is 3.64. The van der Waals surface area contributed by atoms with Crippen LogP contribution in [0.4, 0.5) is 0 Å². The van der Waals surface area contributed by atoms with Crippen LogP contribution < -0.4 is 5.84 Å². The number of carboxylic acids is 1. The molecule has 106 valence electrons. The van der Waals surface area contributed by atoms with Gasteiger partial charge in [-0.3, -0.25) is 14.8 Å². The maximum Gasteiger partial charge on any atom is 0.313 e. The molecule has 0 radical (unpaired) electrons. The lowest BCUT2D eigenvalue weighted by molar-refractivity contribution is -0.133. The molecular weight excluding hydrogens is 292 g/mol. The van der Waals surface area contributed by atoms with Crippen LogP contribution in [0, 0.1) is 0 Å². The molecule has 3 rings (SSSR count). The summed E-state index contributed by atoms with van der Waals surface area (Å²) in [5, 5.41) is 16.9. The van der Waals surface area contributed by atoms with Crippen molar-refractivity contribution >= 4 is 28.8 Å². The van der Waals surface area contributed by atoms with Crippen LogP contribution in [0.5, 0.6) is 0 Å². The summed E-state index contributed by atoms with van der Waals surface area (Å²) in [7, 11) is 0. The van der Waals surface area contributed by atoms with Gasteiger partial charge in [-0.05, 0) is 18.2 Å². The van der Waals surface area contributed by atoms with E-state index in [9.17, 15) is 4.79 Å². The van der Waals surface area contributed by atoms with Crippen molar-refractivity contribution in [2.24, 2.45) is 0 Å². The number of benzene rings is 1. The van der Waals surface area contributed by atoms with E-state index in [2.05, 4.69) is 20.2 Å². The number of nitrogens with zero attached hydrogens (tertiary/aromatic N) is 5. The molecule has 0 aliphatic rings. The molecule has 0 saturated carbocycles. The minimum Gasteiger partial charge on any atom is -0.481 e. The first kappa shape index (κ1) is 13.3. The Morgan fingerprint density at radius 2 is 2.00 bits per heavy atom. The fourth-order valence-electron chi connectivity index (χ4n) is 1.80. The highest BCUT2D eigenvalue weighted by Gasteiger charge is 2.14. The summed E-state index contributed by atoms with van der Waals surface area (Å²) in [6, 6.07) is 5.44. The molecule has 0 unspecified atom stereocenters. The van der Waals surface area contributed by atoms with Gasteiger partial charge in [0, 0.05) is 18.0 Å². The Kier molecular flexibility index (Phi) is 3.40. The van der Waals surface area contributed by atoms with Crippen LogP contribution in [0.2, 0.25) is 0 Å². The molecule has 0 fully saturated rings. The van der Waals surface area contributed by atoms with Gasteiger partial charge in [0.15, 0.2) is 5.82 Å². The fourth-order valence-corrected chi connectivity index (χ4v) is 2.38. The zero-order valence-corrected chi connectivity index (χ0v) is 11.5. The number of rotatable bonds is 4. The van der Waals surface area contributed by atoms with Gasteiger partial charge in [0.25, 0.3) is 0 Å². The Bertz CT molecular complexity index is 818. The summed E-state index contributed by atoms with van der Waals surface area (Å²) < 4.78 is 1.27. The van der Waals surface area contributed by atoms with Crippen molar-refractivity contribution in [3.63, 3.8) is 0 Å². The highest BCUT2D eigenvalue weighted by atomic mass is 32.2. The predicted octanol–water partition coefficient (Wildman–Crippen LogP) is 0.779. The Hall–Kier alpha value is -2.68. The van der Waals surface area contributed by atoms with Crippen LogP contribution in [0.15, 0.2) is 35.7 Å². The summed E-state index contributed by atoms with van der Waals surface area (Å²) >= 11 is 1.01. The Labute approximate surface area is 123 Å². The monoisotopic (exact) mass is 302 g/mol. The van der Waals surface area contributed by atoms with E-state index in [0.29, 0.717) is 11.0 Å². The average Bonchev–Trinajstić information content (AvgIpc) is 2.85. The second-order valence-corrected chi connectivity index (χ2v) is 5.06. The first-order valence-corrected chi connectivity index (χ1v) is 6.90. The van der Waals surface area contributed by atoms with Crippen molar-refractivity contribution in [2.75, 3.05) is 11.6 Å². The molecule has 0 atom stereocenters. The maximum atomic E-state index is 10.6. The van der Waals surface area contributed by atoms with E-state index in [-0.39, 0.29) is 5.75 Å². The lowest BCUT2D eigenvalue weighted by atomic mass is 10.2. The van der Waals surface area contributed by atoms with E-state index >= 15 is 0 Å². The number of carbonyl (C=O) groups is 1. The van der Waals surface area contributed by atoms with E-state index in [4.69, 9.17) is 10.9 Å². The van der Waals surface area contributed by atoms with E-state index in [1.807, 2.05) is 12.1 Å². The van der Waals surface area contributed by atoms with Gasteiger partial charge < -0.3 is 10.9 Å². The maximum absolute atomic E-state index is 10.6. The molecule has 0 spiro atoms. The van der Waals surface area contributed by atoms with Crippen LogP contribution in [-0.4, -0.2) is 41.7 Å². The Balaban J connectivity index is 1.97. The quantitative estimate of drug-likeness (QED) is 0.536. The molecule has 0 bridgehead atoms. The van der Waals surface area contributed by atoms with Crippen molar-refractivity contribution in [2.45, 2.75) is 5.16 Å². The van der Waals surface area contributed by atoms with E-state index in [1.165, 1.54) is 4.68 Å². The second-order valence-electron chi connectivity index (χ2n) is 4.12. The predicted molar refractivity (Wildman–Crippen MR) is 77.1 cm³/mol. The molecular formula is C12H10N6O2S. The van der Waals surface area contributed by atoms with Crippen molar-refractivity contribution < 1.29 is 9.90 Å². The van der Waals surface area contributed by atoms with Crippen LogP contribution in [0.3, 0.4) is 0 Å². The Morgan fingerprint density at radius 3 is 2.76 bits per heavy atom. The Morgan fingerprint density at radius 1 is 1.24 bits per heavy atom. The number of aromatic nitrogens is 5. The summed E-state index contributed by atoms with van der Waals surface area (Å²) in [5.41, 5.74) is 2.22. The second kappa shape index (κ2) is 5.37. The lowest BCUT2D eigenvalue weighted by Crippen LogP contribution is -2.12. The number of carboxylic acid groups (broad SMARTS) is 1. The largest absolute Gasteiger partial charge is 0.481 e. The zero-order chi connectivity index (χ0) is 14.8. The molecule has 2 heterocycles. The average molecular weight is 302 g/mol. The minimum absolute atomic E-state index is 0.126. The van der Waals surface area contributed by atoms with Gasteiger partial charge in [0.1, 0.15) is 0 Å². The third-order valence-electron chi connectivity index (χ3n) is 2.72. The molecule has 21 heavy (non-hydrogen) atoms. The first-order chi connectivity index (χ1) is 10.1. The molecule has 0 saturated heterocycles. The van der Waals surface area contributed by atoms with E-state index < -0.39 is 5.97 Å². The summed E-state index contributed by atoms with van der Waals surface area (Å²) in [6.07, 6.45) is 3.22. The van der Waals surface area contributed by atoms with Crippen molar-refractivity contribution in [3.05, 3.63) is 30.6 Å². The molecule has 2 aromatic heterocycles. The lowest BCUT2D eigenvalue weighted by Gasteiger charge is -2.03. The number of fused-ring (bicyclic) bond motifs is 1. The van der Waals surface area contributed by atoms with Crippen LogP contribution in [-0.2, 0) is 4.79 Å². The number of hydrogen-bond acceptors (Lipinski definition) is 7. The van der Waals surface area contributed by atoms with Gasteiger partial charge in [0.05, 0.1) is 16.8 Å². The van der Waals surface area contributed by atoms with Gasteiger partial charge in [-0.25, -0.2) is 4.68 Å². The number of thioether (sulfide) groups is 1. The standard InChI is InChI=1S/C12H10N6O2S/c13-18-11(16-17-12(18)21-6-10(19)20)7-1-2-8-9(5-7)15-4-3-14-8/h1-5H,6,13H2,(H,19,20). The van der Waals surface area contributed by atoms with Gasteiger partial charge in [-0.1, -0.05) is 11.8 Å². The smallest absolute Gasteiger partial charge is 0.313 e. The van der Waals surface area contributed by atoms with Crippen LogP contribution >= 0.6 is 11.8 Å². The van der Waals surface area contributed by atoms with E-state index in [1.54, 1.807) is 18.5 Å². The number of nitrogens with two attached hydrogens (primary N) is 1. The van der Waals surface area contributed by atoms with Crippen LogP contribution in [0.25, 0.3) is 22.4 Å². The molecule has 3 aromatic rings. The molecule has 0 aliphatic heterocycles. The fraction of sp³-hybridized carbons (Fsp3) is 0.0833. The van der Waals surface area contributed by atoms with Gasteiger partial charge in [-0.2, -0.15) is 0 Å². The minimum atomic E-state index is -0.939. The summed E-state index contributed by atoms with van der Waals surface area (Å²) in [5.74, 6) is 5.28. The SMILES string of the molecule is Nn1c(SCC(=O)O)nnc1-c1ccc2nccnc2c1. The molecule has 9 heteroatoms. The zero-order valence-electron chi connectivity index (χ0n) is 10.7. The molecule has 0 amide bonds. The van der Waals surface area contributed by atoms with Crippen molar-refractivity contribution in [1.29, 1.82) is 0 Å². The third kappa shape index (κ3) is 2.63. The normalized spacial score (nSPS) is 10.9. The molecule has 1 aromatic carbocycles. The molecule has 0 aliphatic carbocycles. The molecule has 8 nitrogen and oxygen atoms in total. The number of nitrogen functional groups attached to an aromatic ring is 1. The summed E-state index contributed by atoms with van der Waals surface area (Å²) in [4.78, 5) is 19.0. The van der Waals surface area contributed by atoms with Crippen molar-refractivity contribution in [1.82, 2.24) is 24.8 Å². The van der Waals surface area contributed by atoms with Gasteiger partial charge in [0.2, 0.25) is 5.16 Å². The first-order valence-electron chi connectivity index (χ1n) is 5.91. The molecule has 3 N–H and O–H groups in total. The number of aliphatic carboxylic acids is 1. The van der Waals surface area contributed by atoms with Gasteiger partial charge >= 0.3 is 5.97 Å². The summed E-state index contributed by atoms with van der Waals surface area (Å²) in [6.45, 7) is 0. The topological polar surface area (TPSA) is 120 Å².